The van der Waals surface area contributed by atoms with Crippen LogP contribution in [0.3, 0.4) is 0 Å². The maximum atomic E-state index is 11.1. The lowest BCUT2D eigenvalue weighted by Crippen LogP contribution is -2.14. The molecule has 0 saturated carbocycles. The third kappa shape index (κ3) is 2.97. The Labute approximate surface area is 110 Å². The lowest BCUT2D eigenvalue weighted by Gasteiger charge is -2.06. The number of benzene rings is 1. The number of hydrogen-bond acceptors (Lipinski definition) is 4. The molecule has 1 aromatic heterocycles. The molecule has 0 atom stereocenters. The highest BCUT2D eigenvalue weighted by molar-refractivity contribution is 5.86. The van der Waals surface area contributed by atoms with Gasteiger partial charge in [-0.15, -0.1) is 5.10 Å². The Morgan fingerprint density at radius 1 is 1.37 bits per heavy atom. The molecule has 19 heavy (non-hydrogen) atoms. The summed E-state index contributed by atoms with van der Waals surface area (Å²) in [6, 6.07) is 7.99. The van der Waals surface area contributed by atoms with E-state index in [2.05, 4.69) is 10.3 Å². The SMILES string of the molecule is Cc1ccc(Cn2nnc(C(=O)O)c2CCN)cc1. The quantitative estimate of drug-likeness (QED) is 0.830. The lowest BCUT2D eigenvalue weighted by molar-refractivity contribution is 0.0689. The van der Waals surface area contributed by atoms with Crippen LogP contribution in [0, 0.1) is 6.92 Å². The normalized spacial score (nSPS) is 10.6. The van der Waals surface area contributed by atoms with Gasteiger partial charge in [-0.3, -0.25) is 0 Å². The minimum absolute atomic E-state index is 0.0161. The molecule has 0 spiro atoms. The van der Waals surface area contributed by atoms with Crippen molar-refractivity contribution in [1.29, 1.82) is 0 Å². The second-order valence-corrected chi connectivity index (χ2v) is 4.37. The second-order valence-electron chi connectivity index (χ2n) is 4.37. The third-order valence-corrected chi connectivity index (χ3v) is 2.87. The van der Waals surface area contributed by atoms with E-state index in [1.165, 1.54) is 5.56 Å². The molecule has 1 heterocycles. The highest BCUT2D eigenvalue weighted by atomic mass is 16.4. The van der Waals surface area contributed by atoms with Crippen molar-refractivity contribution >= 4 is 5.97 Å². The number of carboxylic acids is 1. The number of hydrogen-bond donors (Lipinski definition) is 2. The van der Waals surface area contributed by atoms with Gasteiger partial charge in [0.1, 0.15) is 0 Å². The zero-order valence-electron chi connectivity index (χ0n) is 10.7. The first-order valence-corrected chi connectivity index (χ1v) is 6.03. The van der Waals surface area contributed by atoms with E-state index in [9.17, 15) is 4.79 Å². The van der Waals surface area contributed by atoms with Gasteiger partial charge in [-0.2, -0.15) is 0 Å². The van der Waals surface area contributed by atoms with Crippen molar-refractivity contribution < 1.29 is 9.90 Å². The number of aromatic nitrogens is 3. The van der Waals surface area contributed by atoms with Crippen LogP contribution in [0.25, 0.3) is 0 Å². The molecule has 0 radical (unpaired) electrons. The average molecular weight is 260 g/mol. The molecule has 6 nitrogen and oxygen atoms in total. The predicted molar refractivity (Wildman–Crippen MR) is 70.0 cm³/mol. The molecular weight excluding hydrogens is 244 g/mol. The molecule has 0 unspecified atom stereocenters. The van der Waals surface area contributed by atoms with Crippen molar-refractivity contribution in [3.8, 4) is 0 Å². The van der Waals surface area contributed by atoms with Crippen LogP contribution in [0.1, 0.15) is 27.3 Å². The van der Waals surface area contributed by atoms with Crippen molar-refractivity contribution in [3.05, 3.63) is 46.8 Å². The highest BCUT2D eigenvalue weighted by Crippen LogP contribution is 2.10. The van der Waals surface area contributed by atoms with E-state index in [1.54, 1.807) is 4.68 Å². The molecule has 2 rings (SSSR count). The molecule has 2 aromatic rings. The number of aromatic carboxylic acids is 1. The van der Waals surface area contributed by atoms with E-state index < -0.39 is 5.97 Å². The van der Waals surface area contributed by atoms with Crippen LogP contribution < -0.4 is 5.73 Å². The molecule has 100 valence electrons. The number of carboxylic acid groups (broad SMARTS) is 1. The van der Waals surface area contributed by atoms with E-state index in [0.717, 1.165) is 5.56 Å². The molecule has 0 amide bonds. The first kappa shape index (κ1) is 13.2. The molecule has 0 fully saturated rings. The highest BCUT2D eigenvalue weighted by Gasteiger charge is 2.18. The minimum Gasteiger partial charge on any atom is -0.476 e. The maximum absolute atomic E-state index is 11.1. The summed E-state index contributed by atoms with van der Waals surface area (Å²) in [6.07, 6.45) is 0.445. The molecular formula is C13H16N4O2. The topological polar surface area (TPSA) is 94.0 Å². The molecule has 0 saturated heterocycles. The Morgan fingerprint density at radius 3 is 2.63 bits per heavy atom. The fourth-order valence-corrected chi connectivity index (χ4v) is 1.88. The van der Waals surface area contributed by atoms with Crippen molar-refractivity contribution in [2.75, 3.05) is 6.54 Å². The van der Waals surface area contributed by atoms with Crippen LogP contribution in [0.2, 0.25) is 0 Å². The Morgan fingerprint density at radius 2 is 2.05 bits per heavy atom. The van der Waals surface area contributed by atoms with Gasteiger partial charge in [-0.1, -0.05) is 35.0 Å². The molecule has 1 aromatic carbocycles. The lowest BCUT2D eigenvalue weighted by atomic mass is 10.1. The predicted octanol–water partition coefficient (Wildman–Crippen LogP) is 0.834. The Kier molecular flexibility index (Phi) is 3.91. The van der Waals surface area contributed by atoms with E-state index >= 15 is 0 Å². The fourth-order valence-electron chi connectivity index (χ4n) is 1.88. The van der Waals surface area contributed by atoms with Gasteiger partial charge in [-0.05, 0) is 19.0 Å². The number of nitrogens with two attached hydrogens (primary N) is 1. The molecule has 0 aliphatic rings. The van der Waals surface area contributed by atoms with Crippen molar-refractivity contribution in [1.82, 2.24) is 15.0 Å². The summed E-state index contributed by atoms with van der Waals surface area (Å²) >= 11 is 0. The summed E-state index contributed by atoms with van der Waals surface area (Å²) in [4.78, 5) is 11.1. The number of carbonyl (C=O) groups is 1. The van der Waals surface area contributed by atoms with Crippen LogP contribution in [-0.4, -0.2) is 32.6 Å². The maximum Gasteiger partial charge on any atom is 0.358 e. The molecule has 3 N–H and O–H groups in total. The fraction of sp³-hybridized carbons (Fsp3) is 0.308. The monoisotopic (exact) mass is 260 g/mol. The summed E-state index contributed by atoms with van der Waals surface area (Å²) in [7, 11) is 0. The standard InChI is InChI=1S/C13H16N4O2/c1-9-2-4-10(5-3-9)8-17-11(6-7-14)12(13(18)19)15-16-17/h2-5H,6-8,14H2,1H3,(H,18,19). The van der Waals surface area contributed by atoms with Crippen LogP contribution in [0.15, 0.2) is 24.3 Å². The van der Waals surface area contributed by atoms with Gasteiger partial charge >= 0.3 is 5.97 Å². The van der Waals surface area contributed by atoms with Gasteiger partial charge in [0.05, 0.1) is 12.2 Å². The molecule has 6 heteroatoms. The smallest absolute Gasteiger partial charge is 0.358 e. The van der Waals surface area contributed by atoms with Crippen LogP contribution >= 0.6 is 0 Å². The number of rotatable bonds is 5. The van der Waals surface area contributed by atoms with Crippen LogP contribution in [0.4, 0.5) is 0 Å². The number of nitrogens with zero attached hydrogens (tertiary/aromatic N) is 3. The van der Waals surface area contributed by atoms with Gasteiger partial charge < -0.3 is 10.8 Å². The first-order chi connectivity index (χ1) is 9.11. The number of aryl methyl sites for hydroxylation is 1. The van der Waals surface area contributed by atoms with Crippen molar-refractivity contribution in [2.45, 2.75) is 19.9 Å². The van der Waals surface area contributed by atoms with E-state index in [4.69, 9.17) is 10.8 Å². The summed E-state index contributed by atoms with van der Waals surface area (Å²) in [5, 5.41) is 16.7. The van der Waals surface area contributed by atoms with Gasteiger partial charge in [0.2, 0.25) is 0 Å². The molecule has 0 bridgehead atoms. The molecule has 0 aliphatic carbocycles. The van der Waals surface area contributed by atoms with Crippen molar-refractivity contribution in [2.24, 2.45) is 5.73 Å². The summed E-state index contributed by atoms with van der Waals surface area (Å²) in [5.74, 6) is -1.07. The summed E-state index contributed by atoms with van der Waals surface area (Å²) in [6.45, 7) is 2.87. The second kappa shape index (κ2) is 5.62. The van der Waals surface area contributed by atoms with Crippen LogP contribution in [0.5, 0.6) is 0 Å². The molecule has 0 aliphatic heterocycles. The zero-order valence-corrected chi connectivity index (χ0v) is 10.7. The van der Waals surface area contributed by atoms with E-state index in [-0.39, 0.29) is 5.69 Å². The van der Waals surface area contributed by atoms with Gasteiger partial charge in [0.25, 0.3) is 0 Å². The minimum atomic E-state index is -1.07. The Hall–Kier alpha value is -2.21. The Balaban J connectivity index is 2.29. The summed E-state index contributed by atoms with van der Waals surface area (Å²) < 4.78 is 1.60. The first-order valence-electron chi connectivity index (χ1n) is 6.03. The summed E-state index contributed by atoms with van der Waals surface area (Å²) in [5.41, 5.74) is 8.28. The van der Waals surface area contributed by atoms with E-state index in [0.29, 0.717) is 25.2 Å². The Bertz CT molecular complexity index is 575. The van der Waals surface area contributed by atoms with E-state index in [1.807, 2.05) is 31.2 Å². The largest absolute Gasteiger partial charge is 0.476 e. The van der Waals surface area contributed by atoms with Gasteiger partial charge in [-0.25, -0.2) is 9.48 Å². The van der Waals surface area contributed by atoms with Crippen LogP contribution in [-0.2, 0) is 13.0 Å². The zero-order chi connectivity index (χ0) is 13.8. The van der Waals surface area contributed by atoms with Crippen molar-refractivity contribution in [3.63, 3.8) is 0 Å². The third-order valence-electron chi connectivity index (χ3n) is 2.87. The average Bonchev–Trinajstić information content (AvgIpc) is 2.76. The van der Waals surface area contributed by atoms with Gasteiger partial charge in [0, 0.05) is 6.42 Å². The van der Waals surface area contributed by atoms with Gasteiger partial charge in [0.15, 0.2) is 5.69 Å².